The molecule has 2 nitrogen and oxygen atoms in total. The normalized spacial score (nSPS) is 25.3. The lowest BCUT2D eigenvalue weighted by Gasteiger charge is -2.13. The lowest BCUT2D eigenvalue weighted by molar-refractivity contribution is -0.143. The van der Waals surface area contributed by atoms with Crippen molar-refractivity contribution in [3.63, 3.8) is 0 Å². The number of benzene rings is 1. The van der Waals surface area contributed by atoms with Gasteiger partial charge in [0.15, 0.2) is 0 Å². The monoisotopic (exact) mass is 246 g/mol. The van der Waals surface area contributed by atoms with Gasteiger partial charge in [-0.1, -0.05) is 23.4 Å². The largest absolute Gasteiger partial charge is 0.462 e. The summed E-state index contributed by atoms with van der Waals surface area (Å²) in [6, 6.07) is 6.68. The number of alkyl halides is 1. The minimum absolute atomic E-state index is 0.0964. The molecular weight excluding hydrogens is 239 g/mol. The average Bonchev–Trinajstić information content (AvgIpc) is 2.51. The molecule has 0 saturated carbocycles. The maximum absolute atomic E-state index is 13.9. The Morgan fingerprint density at radius 1 is 1.40 bits per heavy atom. The molecule has 0 bridgehead atoms. The molecule has 1 fully saturated rings. The number of thioether (sulfide) groups is 1. The maximum Gasteiger partial charge on any atom is 0.355 e. The summed E-state index contributed by atoms with van der Waals surface area (Å²) in [7, 11) is 0. The Morgan fingerprint density at radius 3 is 2.60 bits per heavy atom. The van der Waals surface area contributed by atoms with Crippen molar-refractivity contribution in [1.29, 1.82) is 0 Å². The van der Waals surface area contributed by atoms with Crippen molar-refractivity contribution >= 4 is 29.3 Å². The minimum atomic E-state index is -1.94. The first kappa shape index (κ1) is 10.8. The highest BCUT2D eigenvalue weighted by atomic mass is 35.5. The molecule has 1 aliphatic heterocycles. The summed E-state index contributed by atoms with van der Waals surface area (Å²) >= 11 is 6.57. The van der Waals surface area contributed by atoms with Crippen LogP contribution >= 0.6 is 23.4 Å². The maximum atomic E-state index is 13.9. The number of esters is 1. The molecule has 0 spiro atoms. The van der Waals surface area contributed by atoms with Crippen LogP contribution in [0.4, 0.5) is 4.39 Å². The van der Waals surface area contributed by atoms with E-state index < -0.39 is 11.0 Å². The average molecular weight is 247 g/mol. The van der Waals surface area contributed by atoms with Gasteiger partial charge < -0.3 is 4.74 Å². The molecule has 1 saturated heterocycles. The third kappa shape index (κ3) is 2.26. The Hall–Kier alpha value is -0.740. The van der Waals surface area contributed by atoms with E-state index in [-0.39, 0.29) is 13.0 Å². The third-order valence-electron chi connectivity index (χ3n) is 2.05. The van der Waals surface area contributed by atoms with Crippen LogP contribution in [0.2, 0.25) is 5.02 Å². The second kappa shape index (κ2) is 4.02. The van der Waals surface area contributed by atoms with Gasteiger partial charge in [0.25, 0.3) is 5.00 Å². The molecule has 80 valence electrons. The van der Waals surface area contributed by atoms with Crippen molar-refractivity contribution in [3.8, 4) is 0 Å². The van der Waals surface area contributed by atoms with Gasteiger partial charge in [-0.05, 0) is 24.3 Å². The molecule has 0 aliphatic carbocycles. The van der Waals surface area contributed by atoms with Gasteiger partial charge >= 0.3 is 5.97 Å². The van der Waals surface area contributed by atoms with E-state index >= 15 is 0 Å². The van der Waals surface area contributed by atoms with Gasteiger partial charge in [0, 0.05) is 16.3 Å². The molecule has 1 atom stereocenters. The molecule has 1 unspecified atom stereocenters. The molecule has 15 heavy (non-hydrogen) atoms. The van der Waals surface area contributed by atoms with Crippen molar-refractivity contribution in [1.82, 2.24) is 0 Å². The van der Waals surface area contributed by atoms with E-state index in [1.54, 1.807) is 24.3 Å². The van der Waals surface area contributed by atoms with Crippen LogP contribution in [-0.2, 0) is 9.53 Å². The standard InChI is InChI=1S/C10H8ClFO2S/c11-7-1-3-8(4-2-7)15-10(12)5-6-14-9(10)13/h1-4H,5-6H2. The summed E-state index contributed by atoms with van der Waals surface area (Å²) in [4.78, 5) is 11.8. The van der Waals surface area contributed by atoms with Crippen molar-refractivity contribution < 1.29 is 13.9 Å². The highest BCUT2D eigenvalue weighted by Crippen LogP contribution is 2.41. The van der Waals surface area contributed by atoms with Gasteiger partial charge in [-0.2, -0.15) is 0 Å². The quantitative estimate of drug-likeness (QED) is 0.751. The van der Waals surface area contributed by atoms with Crippen LogP contribution in [-0.4, -0.2) is 17.6 Å². The molecule has 1 aromatic carbocycles. The van der Waals surface area contributed by atoms with E-state index in [2.05, 4.69) is 4.74 Å². The second-order valence-corrected chi connectivity index (χ2v) is 4.93. The number of hydrogen-bond donors (Lipinski definition) is 0. The topological polar surface area (TPSA) is 26.3 Å². The predicted molar refractivity (Wildman–Crippen MR) is 56.7 cm³/mol. The zero-order chi connectivity index (χ0) is 10.9. The summed E-state index contributed by atoms with van der Waals surface area (Å²) < 4.78 is 18.6. The van der Waals surface area contributed by atoms with E-state index in [4.69, 9.17) is 11.6 Å². The molecule has 1 heterocycles. The SMILES string of the molecule is O=C1OCCC1(F)Sc1ccc(Cl)cc1. The van der Waals surface area contributed by atoms with Gasteiger partial charge in [0.1, 0.15) is 0 Å². The van der Waals surface area contributed by atoms with Gasteiger partial charge in [-0.25, -0.2) is 9.18 Å². The fourth-order valence-corrected chi connectivity index (χ4v) is 2.37. The van der Waals surface area contributed by atoms with Crippen LogP contribution in [0.3, 0.4) is 0 Å². The molecule has 0 aromatic heterocycles. The van der Waals surface area contributed by atoms with Crippen LogP contribution in [0.1, 0.15) is 6.42 Å². The molecule has 0 radical (unpaired) electrons. The van der Waals surface area contributed by atoms with E-state index in [0.29, 0.717) is 9.92 Å². The summed E-state index contributed by atoms with van der Waals surface area (Å²) in [6.45, 7) is 0.149. The van der Waals surface area contributed by atoms with Crippen molar-refractivity contribution in [2.75, 3.05) is 6.61 Å². The van der Waals surface area contributed by atoms with Crippen LogP contribution in [0.15, 0.2) is 29.2 Å². The van der Waals surface area contributed by atoms with Gasteiger partial charge in [-0.3, -0.25) is 0 Å². The summed E-state index contributed by atoms with van der Waals surface area (Å²) in [5, 5.41) is -1.35. The summed E-state index contributed by atoms with van der Waals surface area (Å²) in [5.74, 6) is -0.789. The van der Waals surface area contributed by atoms with Gasteiger partial charge in [0.2, 0.25) is 0 Å². The first-order valence-electron chi connectivity index (χ1n) is 4.41. The Kier molecular flexibility index (Phi) is 2.89. The second-order valence-electron chi connectivity index (χ2n) is 3.17. The molecule has 0 amide bonds. The minimum Gasteiger partial charge on any atom is -0.462 e. The van der Waals surface area contributed by atoms with E-state index in [0.717, 1.165) is 11.8 Å². The number of halogens is 2. The fourth-order valence-electron chi connectivity index (χ4n) is 1.27. The molecule has 2 rings (SSSR count). The molecule has 1 aromatic rings. The number of ether oxygens (including phenoxy) is 1. The Bertz CT molecular complexity index is 382. The van der Waals surface area contributed by atoms with Crippen molar-refractivity contribution in [2.24, 2.45) is 0 Å². The Balaban J connectivity index is 2.14. The zero-order valence-electron chi connectivity index (χ0n) is 7.70. The van der Waals surface area contributed by atoms with E-state index in [1.165, 1.54) is 0 Å². The van der Waals surface area contributed by atoms with E-state index in [9.17, 15) is 9.18 Å². The number of carbonyl (C=O) groups excluding carboxylic acids is 1. The molecule has 5 heteroatoms. The predicted octanol–water partition coefficient (Wildman–Crippen LogP) is 3.04. The van der Waals surface area contributed by atoms with Crippen LogP contribution < -0.4 is 0 Å². The number of rotatable bonds is 2. The summed E-state index contributed by atoms with van der Waals surface area (Å²) in [6.07, 6.45) is 0.0964. The molecular formula is C10H8ClFO2S. The van der Waals surface area contributed by atoms with Crippen LogP contribution in [0.25, 0.3) is 0 Å². The smallest absolute Gasteiger partial charge is 0.355 e. The number of hydrogen-bond acceptors (Lipinski definition) is 3. The Morgan fingerprint density at radius 2 is 2.07 bits per heavy atom. The first-order valence-corrected chi connectivity index (χ1v) is 5.60. The van der Waals surface area contributed by atoms with Crippen molar-refractivity contribution in [3.05, 3.63) is 29.3 Å². The number of carbonyl (C=O) groups is 1. The molecule has 1 aliphatic rings. The molecule has 0 N–H and O–H groups in total. The first-order chi connectivity index (χ1) is 7.10. The number of cyclic esters (lactones) is 1. The highest BCUT2D eigenvalue weighted by Gasteiger charge is 2.46. The van der Waals surface area contributed by atoms with Gasteiger partial charge in [-0.15, -0.1) is 0 Å². The van der Waals surface area contributed by atoms with Gasteiger partial charge in [0.05, 0.1) is 6.61 Å². The Labute approximate surface area is 95.8 Å². The van der Waals surface area contributed by atoms with Crippen molar-refractivity contribution in [2.45, 2.75) is 16.3 Å². The lowest BCUT2D eigenvalue weighted by Crippen LogP contribution is -2.23. The van der Waals surface area contributed by atoms with Crippen LogP contribution in [0.5, 0.6) is 0 Å². The highest BCUT2D eigenvalue weighted by molar-refractivity contribution is 8.01. The lowest BCUT2D eigenvalue weighted by atomic mass is 10.3. The van der Waals surface area contributed by atoms with Crippen LogP contribution in [0, 0.1) is 0 Å². The third-order valence-corrected chi connectivity index (χ3v) is 3.51. The zero-order valence-corrected chi connectivity index (χ0v) is 9.28. The fraction of sp³-hybridized carbons (Fsp3) is 0.300. The van der Waals surface area contributed by atoms with E-state index in [1.807, 2.05) is 0 Å². The summed E-state index contributed by atoms with van der Waals surface area (Å²) in [5.41, 5.74) is 0.